The molecular weight excluding hydrogens is 282 g/mol. The van der Waals surface area contributed by atoms with Crippen molar-refractivity contribution in [3.8, 4) is 5.75 Å². The van der Waals surface area contributed by atoms with Crippen molar-refractivity contribution in [3.05, 3.63) is 24.3 Å². The Morgan fingerprint density at radius 2 is 2.09 bits per heavy atom. The number of hydrogen-bond donors (Lipinski definition) is 2. The van der Waals surface area contributed by atoms with Gasteiger partial charge in [0.25, 0.3) is 0 Å². The molecule has 1 aromatic rings. The first-order valence-corrected chi connectivity index (χ1v) is 7.80. The second kappa shape index (κ2) is 7.82. The third-order valence-electron chi connectivity index (χ3n) is 4.07. The van der Waals surface area contributed by atoms with Gasteiger partial charge >= 0.3 is 5.97 Å². The minimum Gasteiger partial charge on any atom is -0.482 e. The number of aliphatic carboxylic acids is 1. The van der Waals surface area contributed by atoms with Gasteiger partial charge in [-0.2, -0.15) is 0 Å². The Bertz CT molecular complexity index is 523. The molecule has 0 aromatic heterocycles. The predicted molar refractivity (Wildman–Crippen MR) is 83.9 cm³/mol. The van der Waals surface area contributed by atoms with E-state index >= 15 is 0 Å². The Kier molecular flexibility index (Phi) is 5.81. The van der Waals surface area contributed by atoms with Crippen molar-refractivity contribution in [2.45, 2.75) is 39.0 Å². The highest BCUT2D eigenvalue weighted by Crippen LogP contribution is 2.30. The van der Waals surface area contributed by atoms with Gasteiger partial charge in [-0.3, -0.25) is 4.79 Å². The molecule has 0 radical (unpaired) electrons. The first-order valence-electron chi connectivity index (χ1n) is 7.80. The predicted octanol–water partition coefficient (Wildman–Crippen LogP) is 3.30. The molecule has 0 aliphatic heterocycles. The molecule has 0 spiro atoms. The number of nitrogens with one attached hydrogen (secondary N) is 1. The van der Waals surface area contributed by atoms with Crippen LogP contribution >= 0.6 is 0 Å². The quantitative estimate of drug-likeness (QED) is 0.810. The lowest BCUT2D eigenvalue weighted by molar-refractivity contribution is -0.139. The number of carbonyl (C=O) groups is 2. The van der Waals surface area contributed by atoms with Crippen molar-refractivity contribution in [1.29, 1.82) is 0 Å². The van der Waals surface area contributed by atoms with Crippen molar-refractivity contribution >= 4 is 17.6 Å². The number of amides is 1. The summed E-state index contributed by atoms with van der Waals surface area (Å²) in [6.45, 7) is 1.56. The number of carboxylic acid groups (broad SMARTS) is 1. The lowest BCUT2D eigenvalue weighted by atomic mass is 9.94. The summed E-state index contributed by atoms with van der Waals surface area (Å²) in [5, 5.41) is 11.5. The summed E-state index contributed by atoms with van der Waals surface area (Å²) >= 11 is 0. The van der Waals surface area contributed by atoms with Crippen LogP contribution in [0.15, 0.2) is 24.3 Å². The molecule has 120 valence electrons. The van der Waals surface area contributed by atoms with Crippen LogP contribution in [0.3, 0.4) is 0 Å². The Balaban J connectivity index is 1.87. The smallest absolute Gasteiger partial charge is 0.341 e. The molecule has 1 saturated carbocycles. The lowest BCUT2D eigenvalue weighted by Crippen LogP contribution is -2.22. The molecule has 1 unspecified atom stereocenters. The summed E-state index contributed by atoms with van der Waals surface area (Å²) < 4.78 is 5.11. The van der Waals surface area contributed by atoms with Gasteiger partial charge in [-0.05, 0) is 24.5 Å². The Hall–Kier alpha value is -2.04. The number of anilines is 1. The van der Waals surface area contributed by atoms with E-state index in [1.165, 1.54) is 25.7 Å². The summed E-state index contributed by atoms with van der Waals surface area (Å²) in [5.74, 6) is 0.0585. The molecule has 1 aliphatic carbocycles. The number of rotatable bonds is 7. The van der Waals surface area contributed by atoms with Gasteiger partial charge in [-0.1, -0.05) is 38.7 Å². The molecule has 0 heterocycles. The van der Waals surface area contributed by atoms with Crippen LogP contribution in [0.4, 0.5) is 5.69 Å². The standard InChI is InChI=1S/C17H23NO4/c1-12(9-13-5-2-3-6-13)17(21)18-14-7-4-8-15(10-14)22-11-16(19)20/h4,7-8,10,12-13H,2-3,5-6,9,11H2,1H3,(H,18,21)(H,19,20). The summed E-state index contributed by atoms with van der Waals surface area (Å²) in [6.07, 6.45) is 5.96. The van der Waals surface area contributed by atoms with E-state index < -0.39 is 12.6 Å². The highest BCUT2D eigenvalue weighted by atomic mass is 16.5. The van der Waals surface area contributed by atoms with Gasteiger partial charge in [0, 0.05) is 17.7 Å². The summed E-state index contributed by atoms with van der Waals surface area (Å²) in [7, 11) is 0. The van der Waals surface area contributed by atoms with Crippen LogP contribution in [-0.4, -0.2) is 23.6 Å². The van der Waals surface area contributed by atoms with Crippen molar-refractivity contribution in [2.24, 2.45) is 11.8 Å². The molecule has 0 saturated heterocycles. The van der Waals surface area contributed by atoms with Gasteiger partial charge in [-0.15, -0.1) is 0 Å². The molecule has 1 fully saturated rings. The van der Waals surface area contributed by atoms with E-state index in [9.17, 15) is 9.59 Å². The topological polar surface area (TPSA) is 75.6 Å². The molecule has 1 aliphatic rings. The molecule has 5 heteroatoms. The molecule has 2 rings (SSSR count). The van der Waals surface area contributed by atoms with E-state index in [-0.39, 0.29) is 11.8 Å². The van der Waals surface area contributed by atoms with Gasteiger partial charge in [-0.25, -0.2) is 4.79 Å². The first kappa shape index (κ1) is 16.3. The number of hydrogen-bond acceptors (Lipinski definition) is 3. The van der Waals surface area contributed by atoms with Gasteiger partial charge in [0.1, 0.15) is 5.75 Å². The molecule has 1 amide bonds. The lowest BCUT2D eigenvalue weighted by Gasteiger charge is -2.16. The molecule has 0 bridgehead atoms. The third-order valence-corrected chi connectivity index (χ3v) is 4.07. The summed E-state index contributed by atoms with van der Waals surface area (Å²) in [4.78, 5) is 22.7. The van der Waals surface area contributed by atoms with E-state index in [4.69, 9.17) is 9.84 Å². The molecule has 22 heavy (non-hydrogen) atoms. The minimum absolute atomic E-state index is 0.00212. The van der Waals surface area contributed by atoms with Crippen LogP contribution in [0, 0.1) is 11.8 Å². The molecule has 1 aromatic carbocycles. The largest absolute Gasteiger partial charge is 0.482 e. The highest BCUT2D eigenvalue weighted by Gasteiger charge is 2.21. The van der Waals surface area contributed by atoms with Crippen molar-refractivity contribution in [1.82, 2.24) is 0 Å². The Morgan fingerprint density at radius 3 is 2.77 bits per heavy atom. The number of carbonyl (C=O) groups excluding carboxylic acids is 1. The van der Waals surface area contributed by atoms with Crippen molar-refractivity contribution in [3.63, 3.8) is 0 Å². The fraction of sp³-hybridized carbons (Fsp3) is 0.529. The van der Waals surface area contributed by atoms with Gasteiger partial charge in [0.15, 0.2) is 6.61 Å². The Labute approximate surface area is 130 Å². The fourth-order valence-corrected chi connectivity index (χ4v) is 2.93. The maximum absolute atomic E-state index is 12.2. The maximum Gasteiger partial charge on any atom is 0.341 e. The van der Waals surface area contributed by atoms with Gasteiger partial charge in [0.05, 0.1) is 0 Å². The van der Waals surface area contributed by atoms with Crippen LogP contribution in [0.25, 0.3) is 0 Å². The van der Waals surface area contributed by atoms with Crippen molar-refractivity contribution in [2.75, 3.05) is 11.9 Å². The zero-order valence-corrected chi connectivity index (χ0v) is 12.9. The van der Waals surface area contributed by atoms with Crippen LogP contribution in [0.2, 0.25) is 0 Å². The minimum atomic E-state index is -1.03. The monoisotopic (exact) mass is 305 g/mol. The molecule has 1 atom stereocenters. The normalized spacial score (nSPS) is 16.2. The molecule has 2 N–H and O–H groups in total. The Morgan fingerprint density at radius 1 is 1.36 bits per heavy atom. The molecule has 5 nitrogen and oxygen atoms in total. The van der Waals surface area contributed by atoms with E-state index in [1.807, 2.05) is 6.92 Å². The zero-order valence-electron chi connectivity index (χ0n) is 12.9. The SMILES string of the molecule is CC(CC1CCCC1)C(=O)Nc1cccc(OCC(=O)O)c1. The van der Waals surface area contributed by atoms with Gasteiger partial charge in [0.2, 0.25) is 5.91 Å². The highest BCUT2D eigenvalue weighted by molar-refractivity contribution is 5.92. The van der Waals surface area contributed by atoms with Crippen LogP contribution in [0.1, 0.15) is 39.0 Å². The second-order valence-corrected chi connectivity index (χ2v) is 5.99. The van der Waals surface area contributed by atoms with E-state index in [0.29, 0.717) is 17.4 Å². The first-order chi connectivity index (χ1) is 10.5. The summed E-state index contributed by atoms with van der Waals surface area (Å²) in [5.41, 5.74) is 0.631. The van der Waals surface area contributed by atoms with Crippen LogP contribution in [-0.2, 0) is 9.59 Å². The fourth-order valence-electron chi connectivity index (χ4n) is 2.93. The van der Waals surface area contributed by atoms with Crippen molar-refractivity contribution < 1.29 is 19.4 Å². The average molecular weight is 305 g/mol. The van der Waals surface area contributed by atoms with E-state index in [2.05, 4.69) is 5.32 Å². The second-order valence-electron chi connectivity index (χ2n) is 5.99. The average Bonchev–Trinajstić information content (AvgIpc) is 2.98. The van der Waals surface area contributed by atoms with Crippen LogP contribution in [0.5, 0.6) is 5.75 Å². The summed E-state index contributed by atoms with van der Waals surface area (Å²) in [6, 6.07) is 6.81. The van der Waals surface area contributed by atoms with Gasteiger partial charge < -0.3 is 15.2 Å². The number of carboxylic acids is 1. The van der Waals surface area contributed by atoms with E-state index in [1.54, 1.807) is 24.3 Å². The number of ether oxygens (including phenoxy) is 1. The molecular formula is C17H23NO4. The maximum atomic E-state index is 12.2. The van der Waals surface area contributed by atoms with Crippen LogP contribution < -0.4 is 10.1 Å². The number of benzene rings is 1. The zero-order chi connectivity index (χ0) is 15.9. The third kappa shape index (κ3) is 5.06. The van der Waals surface area contributed by atoms with E-state index in [0.717, 1.165) is 6.42 Å².